The average Bonchev–Trinajstić information content (AvgIpc) is 3.61. The molecule has 0 aliphatic carbocycles. The van der Waals surface area contributed by atoms with Gasteiger partial charge in [-0.25, -0.2) is 9.97 Å². The number of aromatic nitrogens is 4. The predicted molar refractivity (Wildman–Crippen MR) is 183 cm³/mol. The van der Waals surface area contributed by atoms with Gasteiger partial charge in [-0.2, -0.15) is 0 Å². The zero-order valence-electron chi connectivity index (χ0n) is 23.6. The fourth-order valence-electron chi connectivity index (χ4n) is 7.20. The maximum atomic E-state index is 5.00. The Bertz CT molecular complexity index is 2780. The molecule has 0 aliphatic rings. The third kappa shape index (κ3) is 3.17. The van der Waals surface area contributed by atoms with Gasteiger partial charge in [-0.15, -0.1) is 0 Å². The molecule has 4 nitrogen and oxygen atoms in total. The number of fused-ring (bicyclic) bond motifs is 11. The van der Waals surface area contributed by atoms with Crippen molar-refractivity contribution in [3.63, 3.8) is 0 Å². The zero-order valence-corrected chi connectivity index (χ0v) is 23.6. The molecule has 0 amide bonds. The van der Waals surface area contributed by atoms with Crippen LogP contribution in [0.25, 0.3) is 87.7 Å². The standard InChI is InChI=1S/C40H24N4/c1-3-11-29-25(9-1)18-21-31-30-12-4-7-15-35(30)43(39(29)31)28-20-17-26-19-22-37-38(33(26)23-28)32-13-5-8-16-36(32)44(37)40-41-24-27-10-2-6-14-34(27)42-40/h1-24H. The van der Waals surface area contributed by atoms with Crippen molar-refractivity contribution in [3.8, 4) is 11.6 Å². The summed E-state index contributed by atoms with van der Waals surface area (Å²) in [5, 5.41) is 10.9. The lowest BCUT2D eigenvalue weighted by atomic mass is 10.0. The van der Waals surface area contributed by atoms with Gasteiger partial charge in [0.2, 0.25) is 5.95 Å². The van der Waals surface area contributed by atoms with Crippen LogP contribution in [-0.2, 0) is 0 Å². The topological polar surface area (TPSA) is 35.6 Å². The van der Waals surface area contributed by atoms with Crippen LogP contribution in [0, 0.1) is 0 Å². The quantitative estimate of drug-likeness (QED) is 0.211. The molecule has 0 saturated heterocycles. The van der Waals surface area contributed by atoms with Gasteiger partial charge < -0.3 is 4.57 Å². The zero-order chi connectivity index (χ0) is 28.8. The van der Waals surface area contributed by atoms with Crippen LogP contribution in [0.2, 0.25) is 0 Å². The summed E-state index contributed by atoms with van der Waals surface area (Å²) in [5.74, 6) is 0.680. The number of hydrogen-bond donors (Lipinski definition) is 0. The summed E-state index contributed by atoms with van der Waals surface area (Å²) in [4.78, 5) is 9.83. The molecule has 7 aromatic carbocycles. The molecule has 0 fully saturated rings. The molecule has 0 saturated carbocycles. The van der Waals surface area contributed by atoms with Crippen molar-refractivity contribution in [1.82, 2.24) is 19.1 Å². The van der Waals surface area contributed by atoms with Gasteiger partial charge in [0.05, 0.1) is 27.6 Å². The fraction of sp³-hybridized carbons (Fsp3) is 0. The first-order valence-electron chi connectivity index (χ1n) is 14.9. The number of hydrogen-bond acceptors (Lipinski definition) is 2. The molecule has 0 N–H and O–H groups in total. The van der Waals surface area contributed by atoms with E-state index in [1.54, 1.807) is 0 Å². The third-order valence-corrected chi connectivity index (χ3v) is 9.13. The molecule has 3 aromatic heterocycles. The number of para-hydroxylation sites is 3. The largest absolute Gasteiger partial charge is 0.309 e. The molecule has 0 bridgehead atoms. The van der Waals surface area contributed by atoms with E-state index in [0.717, 1.165) is 27.6 Å². The van der Waals surface area contributed by atoms with Gasteiger partial charge in [-0.3, -0.25) is 4.57 Å². The van der Waals surface area contributed by atoms with Crippen LogP contribution in [0.5, 0.6) is 0 Å². The molecule has 0 radical (unpaired) electrons. The molecule has 204 valence electrons. The molecule has 0 aliphatic heterocycles. The minimum absolute atomic E-state index is 0.680. The van der Waals surface area contributed by atoms with E-state index in [4.69, 9.17) is 9.97 Å². The van der Waals surface area contributed by atoms with Crippen molar-refractivity contribution in [3.05, 3.63) is 146 Å². The molecular weight excluding hydrogens is 536 g/mol. The lowest BCUT2D eigenvalue weighted by Crippen LogP contribution is -2.00. The minimum atomic E-state index is 0.680. The normalized spacial score (nSPS) is 12.1. The van der Waals surface area contributed by atoms with Crippen LogP contribution in [0.15, 0.2) is 146 Å². The van der Waals surface area contributed by atoms with Crippen LogP contribution in [0.4, 0.5) is 0 Å². The predicted octanol–water partition coefficient (Wildman–Crippen LogP) is 10.1. The van der Waals surface area contributed by atoms with Crippen LogP contribution in [-0.4, -0.2) is 19.1 Å². The summed E-state index contributed by atoms with van der Waals surface area (Å²) in [5.41, 5.74) is 6.72. The Hall–Kier alpha value is -6.00. The summed E-state index contributed by atoms with van der Waals surface area (Å²) in [6, 6.07) is 50.0. The van der Waals surface area contributed by atoms with Gasteiger partial charge in [0.15, 0.2) is 0 Å². The fourth-order valence-corrected chi connectivity index (χ4v) is 7.20. The third-order valence-electron chi connectivity index (χ3n) is 9.13. The lowest BCUT2D eigenvalue weighted by molar-refractivity contribution is 1.01. The molecule has 10 rings (SSSR count). The van der Waals surface area contributed by atoms with Gasteiger partial charge in [-0.1, -0.05) is 103 Å². The Morgan fingerprint density at radius 1 is 0.432 bits per heavy atom. The van der Waals surface area contributed by atoms with E-state index in [1.807, 2.05) is 24.4 Å². The van der Waals surface area contributed by atoms with Gasteiger partial charge in [0.25, 0.3) is 0 Å². The van der Waals surface area contributed by atoms with E-state index >= 15 is 0 Å². The first-order valence-corrected chi connectivity index (χ1v) is 14.9. The molecule has 4 heteroatoms. The number of benzene rings is 7. The van der Waals surface area contributed by atoms with E-state index < -0.39 is 0 Å². The Morgan fingerprint density at radius 2 is 1.09 bits per heavy atom. The van der Waals surface area contributed by atoms with E-state index in [9.17, 15) is 0 Å². The Balaban J connectivity index is 1.32. The summed E-state index contributed by atoms with van der Waals surface area (Å²) < 4.78 is 4.65. The average molecular weight is 561 g/mol. The molecule has 0 spiro atoms. The van der Waals surface area contributed by atoms with E-state index in [2.05, 4.69) is 130 Å². The minimum Gasteiger partial charge on any atom is -0.309 e. The Kier molecular flexibility index (Phi) is 4.69. The van der Waals surface area contributed by atoms with E-state index in [1.165, 1.54) is 54.1 Å². The molecule has 10 aromatic rings. The van der Waals surface area contributed by atoms with Crippen molar-refractivity contribution < 1.29 is 0 Å². The van der Waals surface area contributed by atoms with E-state index in [-0.39, 0.29) is 0 Å². The van der Waals surface area contributed by atoms with Crippen molar-refractivity contribution in [2.75, 3.05) is 0 Å². The second-order valence-corrected chi connectivity index (χ2v) is 11.5. The number of rotatable bonds is 2. The van der Waals surface area contributed by atoms with Gasteiger partial charge in [-0.05, 0) is 52.6 Å². The van der Waals surface area contributed by atoms with Crippen LogP contribution >= 0.6 is 0 Å². The highest BCUT2D eigenvalue weighted by Gasteiger charge is 2.19. The van der Waals surface area contributed by atoms with E-state index in [0.29, 0.717) is 5.95 Å². The number of nitrogens with zero attached hydrogens (tertiary/aromatic N) is 4. The SMILES string of the molecule is c1ccc2nc(-n3c4ccccc4c4c5cc(-n6c7ccccc7c7ccc8ccccc8c76)ccc5ccc43)ncc2c1. The second-order valence-electron chi connectivity index (χ2n) is 11.5. The molecule has 3 heterocycles. The molecular formula is C40H24N4. The Labute approximate surface area is 252 Å². The highest BCUT2D eigenvalue weighted by atomic mass is 15.2. The van der Waals surface area contributed by atoms with Gasteiger partial charge >= 0.3 is 0 Å². The highest BCUT2D eigenvalue weighted by molar-refractivity contribution is 6.22. The molecule has 44 heavy (non-hydrogen) atoms. The summed E-state index contributed by atoms with van der Waals surface area (Å²) in [6.07, 6.45) is 1.92. The van der Waals surface area contributed by atoms with Crippen molar-refractivity contribution >= 4 is 76.1 Å². The van der Waals surface area contributed by atoms with Crippen LogP contribution < -0.4 is 0 Å². The molecule has 0 atom stereocenters. The summed E-state index contributed by atoms with van der Waals surface area (Å²) >= 11 is 0. The van der Waals surface area contributed by atoms with Crippen LogP contribution in [0.1, 0.15) is 0 Å². The maximum Gasteiger partial charge on any atom is 0.235 e. The van der Waals surface area contributed by atoms with Gasteiger partial charge in [0, 0.05) is 44.2 Å². The highest BCUT2D eigenvalue weighted by Crippen LogP contribution is 2.40. The van der Waals surface area contributed by atoms with Crippen molar-refractivity contribution in [2.24, 2.45) is 0 Å². The van der Waals surface area contributed by atoms with Gasteiger partial charge in [0.1, 0.15) is 0 Å². The van der Waals surface area contributed by atoms with Crippen LogP contribution in [0.3, 0.4) is 0 Å². The van der Waals surface area contributed by atoms with Crippen molar-refractivity contribution in [1.29, 1.82) is 0 Å². The monoisotopic (exact) mass is 560 g/mol. The lowest BCUT2D eigenvalue weighted by Gasteiger charge is -2.12. The second kappa shape index (κ2) is 8.76. The first-order chi connectivity index (χ1) is 21.8. The Morgan fingerprint density at radius 3 is 1.98 bits per heavy atom. The smallest absolute Gasteiger partial charge is 0.235 e. The first kappa shape index (κ1) is 23.6. The van der Waals surface area contributed by atoms with Crippen molar-refractivity contribution in [2.45, 2.75) is 0 Å². The summed E-state index contributed by atoms with van der Waals surface area (Å²) in [6.45, 7) is 0. The maximum absolute atomic E-state index is 5.00. The molecule has 0 unspecified atom stereocenters. The summed E-state index contributed by atoms with van der Waals surface area (Å²) in [7, 11) is 0.